The van der Waals surface area contributed by atoms with Gasteiger partial charge < -0.3 is 5.73 Å². The number of thioether (sulfide) groups is 1. The molecule has 3 rings (SSSR count). The van der Waals surface area contributed by atoms with E-state index in [1.807, 2.05) is 48.5 Å². The Bertz CT molecular complexity index is 979. The fraction of sp³-hybridized carbons (Fsp3) is 0.111. The van der Waals surface area contributed by atoms with E-state index in [4.69, 9.17) is 5.73 Å². The number of aromatic nitrogens is 2. The second kappa shape index (κ2) is 7.84. The normalized spacial score (nSPS) is 11.9. The van der Waals surface area contributed by atoms with Crippen LogP contribution in [-0.4, -0.2) is 27.2 Å². The third-order valence-corrected chi connectivity index (χ3v) is 5.21. The molecule has 3 aromatic rings. The Balaban J connectivity index is 2.01. The average Bonchev–Trinajstić information content (AvgIpc) is 2.61. The van der Waals surface area contributed by atoms with Crippen molar-refractivity contribution in [2.45, 2.75) is 17.2 Å². The summed E-state index contributed by atoms with van der Waals surface area (Å²) in [6.45, 7) is 1.69. The van der Waals surface area contributed by atoms with Gasteiger partial charge in [0.25, 0.3) is 0 Å². The van der Waals surface area contributed by atoms with E-state index in [-0.39, 0.29) is 0 Å². The number of nitrogens with zero attached hydrogens (tertiary/aromatic N) is 2. The average molecular weight is 431 g/mol. The van der Waals surface area contributed by atoms with E-state index in [1.165, 1.54) is 11.8 Å². The number of amides is 3. The quantitative estimate of drug-likeness (QED) is 0.485. The number of primary amides is 1. The predicted octanol–water partition coefficient (Wildman–Crippen LogP) is 3.73. The summed E-state index contributed by atoms with van der Waals surface area (Å²) in [5.74, 6) is 0.108. The first-order valence-corrected chi connectivity index (χ1v) is 9.41. The minimum absolute atomic E-state index is 0.463. The number of fused-ring (bicyclic) bond motifs is 1. The van der Waals surface area contributed by atoms with Crippen LogP contribution in [0, 0.1) is 0 Å². The molecule has 3 N–H and O–H groups in total. The maximum Gasteiger partial charge on any atom is 0.318 e. The molecule has 26 heavy (non-hydrogen) atoms. The van der Waals surface area contributed by atoms with Crippen LogP contribution in [-0.2, 0) is 4.79 Å². The molecule has 0 aliphatic heterocycles. The van der Waals surface area contributed by atoms with E-state index >= 15 is 0 Å². The van der Waals surface area contributed by atoms with E-state index in [2.05, 4.69) is 31.2 Å². The van der Waals surface area contributed by atoms with Crippen molar-refractivity contribution in [3.63, 3.8) is 0 Å². The minimum atomic E-state index is -0.870. The number of hydrogen-bond acceptors (Lipinski definition) is 5. The maximum atomic E-state index is 12.0. The van der Waals surface area contributed by atoms with Crippen LogP contribution in [0.3, 0.4) is 0 Å². The van der Waals surface area contributed by atoms with Crippen molar-refractivity contribution in [2.75, 3.05) is 0 Å². The van der Waals surface area contributed by atoms with Gasteiger partial charge in [0.2, 0.25) is 5.91 Å². The number of carbonyl (C=O) groups excluding carboxylic acids is 2. The maximum absolute atomic E-state index is 12.0. The van der Waals surface area contributed by atoms with Gasteiger partial charge in [-0.2, -0.15) is 0 Å². The number of hydrogen-bond donors (Lipinski definition) is 2. The minimum Gasteiger partial charge on any atom is -0.351 e. The molecule has 0 spiro atoms. The lowest BCUT2D eigenvalue weighted by Crippen LogP contribution is -2.39. The van der Waals surface area contributed by atoms with Crippen LogP contribution in [0.2, 0.25) is 0 Å². The Kier molecular flexibility index (Phi) is 5.53. The molecular weight excluding hydrogens is 416 g/mol. The van der Waals surface area contributed by atoms with Gasteiger partial charge in [0.1, 0.15) is 5.03 Å². The number of nitrogens with two attached hydrogens (primary N) is 1. The number of carbonyl (C=O) groups is 2. The highest BCUT2D eigenvalue weighted by Gasteiger charge is 2.19. The van der Waals surface area contributed by atoms with E-state index in [0.29, 0.717) is 10.9 Å². The van der Waals surface area contributed by atoms with Crippen LogP contribution in [0.1, 0.15) is 6.92 Å². The molecule has 0 saturated carbocycles. The molecule has 8 heteroatoms. The summed E-state index contributed by atoms with van der Waals surface area (Å²) in [6.07, 6.45) is 0. The predicted molar refractivity (Wildman–Crippen MR) is 106 cm³/mol. The van der Waals surface area contributed by atoms with Crippen LogP contribution in [0.5, 0.6) is 0 Å². The lowest BCUT2D eigenvalue weighted by atomic mass is 10.2. The molecule has 6 nitrogen and oxygen atoms in total. The Labute approximate surface area is 162 Å². The molecule has 0 unspecified atom stereocenters. The highest BCUT2D eigenvalue weighted by Crippen LogP contribution is 2.31. The van der Waals surface area contributed by atoms with Gasteiger partial charge in [-0.15, -0.1) is 0 Å². The van der Waals surface area contributed by atoms with E-state index in [0.717, 1.165) is 20.9 Å². The SMILES string of the molecule is C[C@@H](Sc1nc(-c2ccc(Br)cc2)nc2ccccc12)C(=O)NC(N)=O. The fourth-order valence-electron chi connectivity index (χ4n) is 2.31. The molecule has 0 radical (unpaired) electrons. The van der Waals surface area contributed by atoms with Crippen molar-refractivity contribution >= 4 is 50.5 Å². The van der Waals surface area contributed by atoms with Crippen molar-refractivity contribution in [3.05, 3.63) is 53.0 Å². The zero-order valence-electron chi connectivity index (χ0n) is 13.8. The largest absolute Gasteiger partial charge is 0.351 e. The summed E-state index contributed by atoms with van der Waals surface area (Å²) in [5.41, 5.74) is 6.67. The van der Waals surface area contributed by atoms with E-state index in [1.54, 1.807) is 6.92 Å². The number of benzene rings is 2. The first-order valence-electron chi connectivity index (χ1n) is 7.73. The monoisotopic (exact) mass is 430 g/mol. The Morgan fingerprint density at radius 1 is 1.12 bits per heavy atom. The Morgan fingerprint density at radius 3 is 2.50 bits per heavy atom. The number of halogens is 1. The third kappa shape index (κ3) is 4.20. The molecule has 1 heterocycles. The number of para-hydroxylation sites is 1. The Hall–Kier alpha value is -2.45. The molecule has 0 fully saturated rings. The summed E-state index contributed by atoms with van der Waals surface area (Å²) >= 11 is 4.67. The van der Waals surface area contributed by atoms with Gasteiger partial charge in [-0.1, -0.05) is 58.0 Å². The van der Waals surface area contributed by atoms with Crippen LogP contribution in [0.4, 0.5) is 4.79 Å². The summed E-state index contributed by atoms with van der Waals surface area (Å²) in [7, 11) is 0. The highest BCUT2D eigenvalue weighted by atomic mass is 79.9. The van der Waals surface area contributed by atoms with Gasteiger partial charge in [-0.3, -0.25) is 10.1 Å². The molecular formula is C18H15BrN4O2S. The molecule has 1 aromatic heterocycles. The number of rotatable bonds is 4. The standard InChI is InChI=1S/C18H15BrN4O2S/c1-10(16(24)23-18(20)25)26-17-13-4-2-3-5-14(13)21-15(22-17)11-6-8-12(19)9-7-11/h2-10H,1H3,(H3,20,23,24,25)/t10-/m1/s1. The molecule has 1 atom stereocenters. The van der Waals surface area contributed by atoms with Crippen LogP contribution < -0.4 is 11.1 Å². The topological polar surface area (TPSA) is 98.0 Å². The third-order valence-electron chi connectivity index (χ3n) is 3.57. The van der Waals surface area contributed by atoms with Crippen molar-refractivity contribution in [3.8, 4) is 11.4 Å². The lowest BCUT2D eigenvalue weighted by Gasteiger charge is -2.12. The van der Waals surface area contributed by atoms with Gasteiger partial charge in [0, 0.05) is 15.4 Å². The van der Waals surface area contributed by atoms with Gasteiger partial charge in [-0.25, -0.2) is 14.8 Å². The summed E-state index contributed by atoms with van der Waals surface area (Å²) in [5, 5.41) is 3.06. The van der Waals surface area contributed by atoms with Crippen molar-refractivity contribution in [1.82, 2.24) is 15.3 Å². The molecule has 0 aliphatic rings. The van der Waals surface area contributed by atoms with E-state index in [9.17, 15) is 9.59 Å². The number of imide groups is 1. The van der Waals surface area contributed by atoms with E-state index < -0.39 is 17.2 Å². The first-order chi connectivity index (χ1) is 12.4. The molecule has 2 aromatic carbocycles. The van der Waals surface area contributed by atoms with Gasteiger partial charge >= 0.3 is 6.03 Å². The fourth-order valence-corrected chi connectivity index (χ4v) is 3.51. The number of urea groups is 1. The molecule has 0 aliphatic carbocycles. The van der Waals surface area contributed by atoms with Crippen molar-refractivity contribution in [1.29, 1.82) is 0 Å². The van der Waals surface area contributed by atoms with Gasteiger partial charge in [-0.05, 0) is 25.1 Å². The van der Waals surface area contributed by atoms with Crippen molar-refractivity contribution < 1.29 is 9.59 Å². The van der Waals surface area contributed by atoms with Crippen molar-refractivity contribution in [2.24, 2.45) is 5.73 Å². The zero-order chi connectivity index (χ0) is 18.7. The van der Waals surface area contributed by atoms with Crippen LogP contribution >= 0.6 is 27.7 Å². The zero-order valence-corrected chi connectivity index (χ0v) is 16.2. The highest BCUT2D eigenvalue weighted by molar-refractivity contribution is 9.10. The molecule has 132 valence electrons. The molecule has 0 bridgehead atoms. The van der Waals surface area contributed by atoms with Crippen LogP contribution in [0.25, 0.3) is 22.3 Å². The molecule has 3 amide bonds. The summed E-state index contributed by atoms with van der Waals surface area (Å²) < 4.78 is 0.966. The Morgan fingerprint density at radius 2 is 1.81 bits per heavy atom. The number of nitrogens with one attached hydrogen (secondary N) is 1. The first kappa shape index (κ1) is 18.3. The smallest absolute Gasteiger partial charge is 0.318 e. The van der Waals surface area contributed by atoms with Gasteiger partial charge in [0.05, 0.1) is 10.8 Å². The summed E-state index contributed by atoms with van der Waals surface area (Å²) in [6, 6.07) is 14.4. The lowest BCUT2D eigenvalue weighted by molar-refractivity contribution is -0.119. The second-order valence-corrected chi connectivity index (χ2v) is 7.74. The van der Waals surface area contributed by atoms with Gasteiger partial charge in [0.15, 0.2) is 5.82 Å². The molecule has 0 saturated heterocycles. The summed E-state index contributed by atoms with van der Waals surface area (Å²) in [4.78, 5) is 32.2. The second-order valence-electron chi connectivity index (χ2n) is 5.49. The van der Waals surface area contributed by atoms with Crippen LogP contribution in [0.15, 0.2) is 58.0 Å².